The molecular weight excluding hydrogens is 316 g/mol. The van der Waals surface area contributed by atoms with Gasteiger partial charge in [0.25, 0.3) is 0 Å². The van der Waals surface area contributed by atoms with E-state index in [9.17, 15) is 4.79 Å². The number of benzene rings is 2. The minimum absolute atomic E-state index is 0.305. The number of anilines is 1. The Hall–Kier alpha value is -2.40. The molecule has 2 N–H and O–H groups in total. The van der Waals surface area contributed by atoms with Gasteiger partial charge in [0.15, 0.2) is 0 Å². The molecule has 0 spiro atoms. The maximum Gasteiger partial charge on any atom is 0.319 e. The van der Waals surface area contributed by atoms with Crippen molar-refractivity contribution < 1.29 is 14.3 Å². The fourth-order valence-electron chi connectivity index (χ4n) is 1.97. The maximum absolute atomic E-state index is 11.9. The first-order chi connectivity index (χ1) is 11.1. The first-order valence-electron chi connectivity index (χ1n) is 7.22. The van der Waals surface area contributed by atoms with Crippen LogP contribution in [-0.4, -0.2) is 19.7 Å². The summed E-state index contributed by atoms with van der Waals surface area (Å²) in [6.07, 6.45) is 0. The van der Waals surface area contributed by atoms with Gasteiger partial charge in [-0.1, -0.05) is 23.7 Å². The number of urea groups is 1. The van der Waals surface area contributed by atoms with E-state index in [-0.39, 0.29) is 6.03 Å². The van der Waals surface area contributed by atoms with Gasteiger partial charge in [0.2, 0.25) is 0 Å². The topological polar surface area (TPSA) is 59.6 Å². The summed E-state index contributed by atoms with van der Waals surface area (Å²) in [5.41, 5.74) is 1.58. The SMILES string of the molecule is CCOc1ccc(CNC(=O)Nc2ccc(OC)c(Cl)c2)cc1. The van der Waals surface area contributed by atoms with Crippen molar-refractivity contribution >= 4 is 23.3 Å². The number of ether oxygens (including phenoxy) is 2. The van der Waals surface area contributed by atoms with Gasteiger partial charge >= 0.3 is 6.03 Å². The van der Waals surface area contributed by atoms with Crippen LogP contribution in [0.25, 0.3) is 0 Å². The fraction of sp³-hybridized carbons (Fsp3) is 0.235. The molecule has 6 heteroatoms. The lowest BCUT2D eigenvalue weighted by Gasteiger charge is -2.10. The summed E-state index contributed by atoms with van der Waals surface area (Å²) >= 11 is 6.02. The van der Waals surface area contributed by atoms with Crippen LogP contribution in [0.5, 0.6) is 11.5 Å². The third kappa shape index (κ3) is 5.07. The zero-order valence-corrected chi connectivity index (χ0v) is 13.8. The van der Waals surface area contributed by atoms with Crippen LogP contribution < -0.4 is 20.1 Å². The Morgan fingerprint density at radius 1 is 1.17 bits per heavy atom. The summed E-state index contributed by atoms with van der Waals surface area (Å²) in [5, 5.41) is 5.94. The van der Waals surface area contributed by atoms with Gasteiger partial charge in [-0.05, 0) is 42.8 Å². The highest BCUT2D eigenvalue weighted by atomic mass is 35.5. The minimum Gasteiger partial charge on any atom is -0.495 e. The molecule has 2 rings (SSSR count). The van der Waals surface area contributed by atoms with Crippen molar-refractivity contribution in [2.75, 3.05) is 19.0 Å². The summed E-state index contributed by atoms with van der Waals surface area (Å²) in [6.45, 7) is 2.98. The monoisotopic (exact) mass is 334 g/mol. The summed E-state index contributed by atoms with van der Waals surface area (Å²) in [4.78, 5) is 11.9. The normalized spacial score (nSPS) is 10.0. The molecule has 0 unspecified atom stereocenters. The summed E-state index contributed by atoms with van der Waals surface area (Å²) in [7, 11) is 1.54. The average Bonchev–Trinajstić information content (AvgIpc) is 2.55. The summed E-state index contributed by atoms with van der Waals surface area (Å²) in [5.74, 6) is 1.38. The van der Waals surface area contributed by atoms with E-state index in [0.29, 0.717) is 29.6 Å². The lowest BCUT2D eigenvalue weighted by molar-refractivity contribution is 0.251. The predicted octanol–water partition coefficient (Wildman–Crippen LogP) is 4.07. The Morgan fingerprint density at radius 3 is 2.52 bits per heavy atom. The van der Waals surface area contributed by atoms with E-state index in [1.807, 2.05) is 31.2 Å². The van der Waals surface area contributed by atoms with E-state index < -0.39 is 0 Å². The molecule has 0 aromatic heterocycles. The van der Waals surface area contributed by atoms with Gasteiger partial charge in [0.05, 0.1) is 18.7 Å². The Balaban J connectivity index is 1.86. The molecule has 0 atom stereocenters. The largest absolute Gasteiger partial charge is 0.495 e. The van der Waals surface area contributed by atoms with Crippen LogP contribution in [0.15, 0.2) is 42.5 Å². The molecule has 2 amide bonds. The van der Waals surface area contributed by atoms with Crippen LogP contribution in [0, 0.1) is 0 Å². The Morgan fingerprint density at radius 2 is 1.91 bits per heavy atom. The van der Waals surface area contributed by atoms with E-state index in [1.54, 1.807) is 18.2 Å². The Kier molecular flexibility index (Phi) is 6.11. The first-order valence-corrected chi connectivity index (χ1v) is 7.60. The average molecular weight is 335 g/mol. The highest BCUT2D eigenvalue weighted by Gasteiger charge is 2.05. The zero-order chi connectivity index (χ0) is 16.7. The van der Waals surface area contributed by atoms with Crippen LogP contribution in [0.2, 0.25) is 5.02 Å². The molecule has 0 aliphatic rings. The zero-order valence-electron chi connectivity index (χ0n) is 13.1. The third-order valence-corrected chi connectivity index (χ3v) is 3.39. The molecule has 0 heterocycles. The molecule has 0 saturated heterocycles. The summed E-state index contributed by atoms with van der Waals surface area (Å²) in [6, 6.07) is 12.3. The molecule has 0 fully saturated rings. The van der Waals surface area contributed by atoms with Crippen molar-refractivity contribution in [1.82, 2.24) is 5.32 Å². The second kappa shape index (κ2) is 8.29. The van der Waals surface area contributed by atoms with Crippen molar-refractivity contribution in [2.45, 2.75) is 13.5 Å². The predicted molar refractivity (Wildman–Crippen MR) is 91.5 cm³/mol. The van der Waals surface area contributed by atoms with Crippen LogP contribution in [-0.2, 0) is 6.54 Å². The van der Waals surface area contributed by atoms with Crippen molar-refractivity contribution in [1.29, 1.82) is 0 Å². The highest BCUT2D eigenvalue weighted by molar-refractivity contribution is 6.32. The Labute approximate surface area is 140 Å². The smallest absolute Gasteiger partial charge is 0.319 e. The number of hydrogen-bond donors (Lipinski definition) is 2. The van der Waals surface area contributed by atoms with Crippen LogP contribution >= 0.6 is 11.6 Å². The number of carbonyl (C=O) groups is 1. The van der Waals surface area contributed by atoms with Crippen molar-refractivity contribution in [3.8, 4) is 11.5 Å². The van der Waals surface area contributed by atoms with Crippen molar-refractivity contribution in [3.05, 3.63) is 53.1 Å². The molecule has 5 nitrogen and oxygen atoms in total. The first kappa shape index (κ1) is 17.0. The van der Waals surface area contributed by atoms with Crippen LogP contribution in [0.3, 0.4) is 0 Å². The van der Waals surface area contributed by atoms with Crippen LogP contribution in [0.4, 0.5) is 10.5 Å². The third-order valence-electron chi connectivity index (χ3n) is 3.10. The molecule has 2 aromatic carbocycles. The van der Waals surface area contributed by atoms with E-state index in [2.05, 4.69) is 10.6 Å². The van der Waals surface area contributed by atoms with Gasteiger partial charge in [0.1, 0.15) is 11.5 Å². The highest BCUT2D eigenvalue weighted by Crippen LogP contribution is 2.27. The number of hydrogen-bond acceptors (Lipinski definition) is 3. The number of carbonyl (C=O) groups excluding carboxylic acids is 1. The van der Waals surface area contributed by atoms with E-state index in [1.165, 1.54) is 7.11 Å². The molecular formula is C17H19ClN2O3. The second-order valence-corrected chi connectivity index (χ2v) is 5.14. The van der Waals surface area contributed by atoms with Gasteiger partial charge in [0, 0.05) is 12.2 Å². The lowest BCUT2D eigenvalue weighted by Crippen LogP contribution is -2.28. The van der Waals surface area contributed by atoms with Crippen molar-refractivity contribution in [2.24, 2.45) is 0 Å². The molecule has 0 aliphatic heterocycles. The molecule has 23 heavy (non-hydrogen) atoms. The number of rotatable bonds is 6. The van der Waals surface area contributed by atoms with E-state index in [4.69, 9.17) is 21.1 Å². The number of halogens is 1. The molecule has 122 valence electrons. The standard InChI is InChI=1S/C17H19ClN2O3/c1-3-23-14-7-4-12(5-8-14)11-19-17(21)20-13-6-9-16(22-2)15(18)10-13/h4-10H,3,11H2,1-2H3,(H2,19,20,21). The van der Waals surface area contributed by atoms with Gasteiger partial charge in [-0.15, -0.1) is 0 Å². The molecule has 0 aliphatic carbocycles. The minimum atomic E-state index is -0.305. The molecule has 0 radical (unpaired) electrons. The van der Waals surface area contributed by atoms with Crippen molar-refractivity contribution in [3.63, 3.8) is 0 Å². The van der Waals surface area contributed by atoms with Gasteiger partial charge < -0.3 is 20.1 Å². The maximum atomic E-state index is 11.9. The van der Waals surface area contributed by atoms with Gasteiger partial charge in [-0.2, -0.15) is 0 Å². The number of methoxy groups -OCH3 is 1. The number of nitrogens with one attached hydrogen (secondary N) is 2. The lowest BCUT2D eigenvalue weighted by atomic mass is 10.2. The molecule has 0 bridgehead atoms. The van der Waals surface area contributed by atoms with Gasteiger partial charge in [-0.3, -0.25) is 0 Å². The fourth-order valence-corrected chi connectivity index (χ4v) is 2.23. The molecule has 0 saturated carbocycles. The number of amides is 2. The van der Waals surface area contributed by atoms with E-state index >= 15 is 0 Å². The van der Waals surface area contributed by atoms with E-state index in [0.717, 1.165) is 11.3 Å². The van der Waals surface area contributed by atoms with Gasteiger partial charge in [-0.25, -0.2) is 4.79 Å². The second-order valence-electron chi connectivity index (χ2n) is 4.73. The molecule has 2 aromatic rings. The Bertz CT molecular complexity index is 659. The quantitative estimate of drug-likeness (QED) is 0.837. The van der Waals surface area contributed by atoms with Crippen LogP contribution in [0.1, 0.15) is 12.5 Å². The summed E-state index contributed by atoms with van der Waals surface area (Å²) < 4.78 is 10.4.